The largest absolute Gasteiger partial charge is 0.433 e. The first-order valence-electron chi connectivity index (χ1n) is 5.64. The van der Waals surface area contributed by atoms with Crippen LogP contribution in [0.15, 0.2) is 42.5 Å². The number of hydrogen-bond donors (Lipinski definition) is 2. The number of aliphatic hydroxyl groups is 1. The van der Waals surface area contributed by atoms with Crippen molar-refractivity contribution in [3.63, 3.8) is 0 Å². The van der Waals surface area contributed by atoms with E-state index in [1.807, 2.05) is 6.07 Å². The van der Waals surface area contributed by atoms with E-state index in [1.165, 1.54) is 12.1 Å². The zero-order valence-electron chi connectivity index (χ0n) is 10.0. The minimum atomic E-state index is -2.92. The summed E-state index contributed by atoms with van der Waals surface area (Å²) in [5.41, 5.74) is 7.96. The van der Waals surface area contributed by atoms with Gasteiger partial charge in [0.05, 0.1) is 12.3 Å². The molecule has 100 valence electrons. The first-order valence-corrected chi connectivity index (χ1v) is 5.64. The number of benzene rings is 2. The minimum Gasteiger partial charge on any atom is -0.433 e. The Morgan fingerprint density at radius 2 is 1.84 bits per heavy atom. The molecule has 0 unspecified atom stereocenters. The molecule has 0 heterocycles. The smallest absolute Gasteiger partial charge is 0.387 e. The van der Waals surface area contributed by atoms with E-state index in [1.54, 1.807) is 24.3 Å². The number of anilines is 1. The van der Waals surface area contributed by atoms with Crippen LogP contribution in [-0.4, -0.2) is 11.7 Å². The number of alkyl halides is 2. The van der Waals surface area contributed by atoms with Crippen LogP contribution in [0.3, 0.4) is 0 Å². The maximum atomic E-state index is 12.2. The quantitative estimate of drug-likeness (QED) is 0.835. The number of aliphatic hydroxyl groups excluding tert-OH is 1. The maximum absolute atomic E-state index is 12.2. The second-order valence-corrected chi connectivity index (χ2v) is 3.99. The third-order valence-corrected chi connectivity index (χ3v) is 2.67. The lowest BCUT2D eigenvalue weighted by Gasteiger charge is -2.10. The van der Waals surface area contributed by atoms with Crippen LogP contribution < -0.4 is 10.5 Å². The van der Waals surface area contributed by atoms with Gasteiger partial charge in [0, 0.05) is 0 Å². The Balaban J connectivity index is 2.39. The summed E-state index contributed by atoms with van der Waals surface area (Å²) in [5.74, 6) is -0.0538. The first-order chi connectivity index (χ1) is 9.10. The minimum absolute atomic E-state index is 0.0538. The summed E-state index contributed by atoms with van der Waals surface area (Å²) in [6.07, 6.45) is 0. The summed E-state index contributed by atoms with van der Waals surface area (Å²) in [6, 6.07) is 11.8. The number of hydrogen-bond acceptors (Lipinski definition) is 3. The van der Waals surface area contributed by atoms with Crippen LogP contribution in [0.2, 0.25) is 0 Å². The van der Waals surface area contributed by atoms with Gasteiger partial charge in [0.1, 0.15) is 5.75 Å². The number of ether oxygens (including phenoxy) is 1. The molecule has 0 aliphatic rings. The molecule has 0 aliphatic heterocycles. The molecule has 0 spiro atoms. The van der Waals surface area contributed by atoms with Gasteiger partial charge in [-0.3, -0.25) is 0 Å². The molecule has 0 aromatic heterocycles. The van der Waals surface area contributed by atoms with Crippen molar-refractivity contribution in [2.24, 2.45) is 0 Å². The molecule has 2 aromatic carbocycles. The molecule has 5 heteroatoms. The first kappa shape index (κ1) is 13.3. The average molecular weight is 265 g/mol. The normalized spacial score (nSPS) is 10.7. The van der Waals surface area contributed by atoms with Crippen LogP contribution in [0.25, 0.3) is 11.1 Å². The van der Waals surface area contributed by atoms with Crippen molar-refractivity contribution in [3.8, 4) is 16.9 Å². The van der Waals surface area contributed by atoms with Gasteiger partial charge in [-0.2, -0.15) is 8.78 Å². The monoisotopic (exact) mass is 265 g/mol. The van der Waals surface area contributed by atoms with Crippen molar-refractivity contribution in [1.82, 2.24) is 0 Å². The molecule has 2 rings (SSSR count). The molecule has 2 aromatic rings. The summed E-state index contributed by atoms with van der Waals surface area (Å²) in [4.78, 5) is 0. The highest BCUT2D eigenvalue weighted by Crippen LogP contribution is 2.30. The van der Waals surface area contributed by atoms with Crippen LogP contribution in [0, 0.1) is 0 Å². The standard InChI is InChI=1S/C14H13F2NO2/c15-14(16)19-13-7-11(4-5-12(13)17)10-3-1-2-9(6-10)8-18/h1-7,14,18H,8,17H2. The van der Waals surface area contributed by atoms with E-state index in [0.29, 0.717) is 5.56 Å². The van der Waals surface area contributed by atoms with E-state index in [4.69, 9.17) is 10.8 Å². The fourth-order valence-electron chi connectivity index (χ4n) is 1.76. The van der Waals surface area contributed by atoms with Gasteiger partial charge in [-0.1, -0.05) is 24.3 Å². The van der Waals surface area contributed by atoms with E-state index in [-0.39, 0.29) is 18.0 Å². The molecule has 0 saturated carbocycles. The van der Waals surface area contributed by atoms with Gasteiger partial charge in [-0.05, 0) is 34.9 Å². The molecular formula is C14H13F2NO2. The fourth-order valence-corrected chi connectivity index (χ4v) is 1.76. The Kier molecular flexibility index (Phi) is 3.97. The molecule has 0 aliphatic carbocycles. The van der Waals surface area contributed by atoms with Gasteiger partial charge >= 0.3 is 6.61 Å². The van der Waals surface area contributed by atoms with Crippen LogP contribution in [0.1, 0.15) is 5.56 Å². The van der Waals surface area contributed by atoms with Crippen molar-refractivity contribution in [2.75, 3.05) is 5.73 Å². The molecule has 0 amide bonds. The van der Waals surface area contributed by atoms with Gasteiger partial charge < -0.3 is 15.6 Å². The van der Waals surface area contributed by atoms with E-state index in [2.05, 4.69) is 4.74 Å². The van der Waals surface area contributed by atoms with Crippen LogP contribution in [0.5, 0.6) is 5.75 Å². The van der Waals surface area contributed by atoms with Crippen molar-refractivity contribution in [3.05, 3.63) is 48.0 Å². The number of rotatable bonds is 4. The number of halogens is 2. The molecule has 19 heavy (non-hydrogen) atoms. The second-order valence-electron chi connectivity index (χ2n) is 3.99. The molecular weight excluding hydrogens is 252 g/mol. The highest BCUT2D eigenvalue weighted by Gasteiger charge is 2.09. The van der Waals surface area contributed by atoms with Gasteiger partial charge in [0.25, 0.3) is 0 Å². The molecule has 3 N–H and O–H groups in total. The van der Waals surface area contributed by atoms with Gasteiger partial charge in [-0.25, -0.2) is 0 Å². The Labute approximate surface area is 109 Å². The van der Waals surface area contributed by atoms with Gasteiger partial charge in [-0.15, -0.1) is 0 Å². The van der Waals surface area contributed by atoms with Crippen LogP contribution >= 0.6 is 0 Å². The Hall–Kier alpha value is -2.14. The second kappa shape index (κ2) is 5.67. The summed E-state index contributed by atoms with van der Waals surface area (Å²) in [7, 11) is 0. The highest BCUT2D eigenvalue weighted by atomic mass is 19.3. The summed E-state index contributed by atoms with van der Waals surface area (Å²) in [6.45, 7) is -3.00. The third kappa shape index (κ3) is 3.20. The van der Waals surface area contributed by atoms with Crippen molar-refractivity contribution < 1.29 is 18.6 Å². The molecule has 3 nitrogen and oxygen atoms in total. The van der Waals surface area contributed by atoms with E-state index in [9.17, 15) is 8.78 Å². The topological polar surface area (TPSA) is 55.5 Å². The number of nitrogen functional groups attached to an aromatic ring is 1. The zero-order valence-corrected chi connectivity index (χ0v) is 10.0. The fraction of sp³-hybridized carbons (Fsp3) is 0.143. The summed E-state index contributed by atoms with van der Waals surface area (Å²) in [5, 5.41) is 9.08. The van der Waals surface area contributed by atoms with E-state index < -0.39 is 6.61 Å². The summed E-state index contributed by atoms with van der Waals surface area (Å²) < 4.78 is 28.8. The molecule has 0 radical (unpaired) electrons. The van der Waals surface area contributed by atoms with Crippen LogP contribution in [0.4, 0.5) is 14.5 Å². The predicted octanol–water partition coefficient (Wildman–Crippen LogP) is 3.03. The van der Waals surface area contributed by atoms with Gasteiger partial charge in [0.15, 0.2) is 0 Å². The van der Waals surface area contributed by atoms with Crippen LogP contribution in [-0.2, 0) is 6.61 Å². The molecule has 0 atom stereocenters. The number of nitrogens with two attached hydrogens (primary N) is 1. The zero-order chi connectivity index (χ0) is 13.8. The third-order valence-electron chi connectivity index (χ3n) is 2.67. The Morgan fingerprint density at radius 3 is 2.53 bits per heavy atom. The van der Waals surface area contributed by atoms with Gasteiger partial charge in [0.2, 0.25) is 0 Å². The molecule has 0 fully saturated rings. The van der Waals surface area contributed by atoms with Crippen molar-refractivity contribution >= 4 is 5.69 Å². The maximum Gasteiger partial charge on any atom is 0.387 e. The molecule has 0 bridgehead atoms. The molecule has 0 saturated heterocycles. The lowest BCUT2D eigenvalue weighted by atomic mass is 10.0. The predicted molar refractivity (Wildman–Crippen MR) is 68.8 cm³/mol. The highest BCUT2D eigenvalue weighted by molar-refractivity contribution is 5.70. The van der Waals surface area contributed by atoms with E-state index in [0.717, 1.165) is 11.1 Å². The van der Waals surface area contributed by atoms with Crippen molar-refractivity contribution in [1.29, 1.82) is 0 Å². The average Bonchev–Trinajstić information content (AvgIpc) is 2.41. The van der Waals surface area contributed by atoms with E-state index >= 15 is 0 Å². The lowest BCUT2D eigenvalue weighted by Crippen LogP contribution is -2.04. The SMILES string of the molecule is Nc1ccc(-c2cccc(CO)c2)cc1OC(F)F. The Bertz CT molecular complexity index is 573. The summed E-state index contributed by atoms with van der Waals surface area (Å²) >= 11 is 0. The Morgan fingerprint density at radius 1 is 1.11 bits per heavy atom. The van der Waals surface area contributed by atoms with Crippen molar-refractivity contribution in [2.45, 2.75) is 13.2 Å². The lowest BCUT2D eigenvalue weighted by molar-refractivity contribution is -0.0492.